The summed E-state index contributed by atoms with van der Waals surface area (Å²) < 4.78 is 0. The summed E-state index contributed by atoms with van der Waals surface area (Å²) in [6.45, 7) is 10.9. The molecule has 0 aliphatic carbocycles. The van der Waals surface area contributed by atoms with Crippen molar-refractivity contribution in [3.8, 4) is 0 Å². The standard InChI is InChI=1S/C16H28ClN3/c1-5-16(4,20(6-2)7-3)15(19-18)12-13-10-8-9-11-14(13)17/h8-11,15,19H,5-7,12,18H2,1-4H3. The molecule has 0 radical (unpaired) electrons. The van der Waals surface area contributed by atoms with Crippen LogP contribution < -0.4 is 11.3 Å². The van der Waals surface area contributed by atoms with E-state index in [0.29, 0.717) is 0 Å². The average molecular weight is 298 g/mol. The second kappa shape index (κ2) is 7.99. The van der Waals surface area contributed by atoms with Crippen molar-refractivity contribution >= 4 is 11.6 Å². The minimum Gasteiger partial charge on any atom is -0.297 e. The van der Waals surface area contributed by atoms with Crippen LogP contribution in [-0.2, 0) is 6.42 Å². The number of rotatable bonds is 8. The van der Waals surface area contributed by atoms with Crippen LogP contribution in [0.2, 0.25) is 5.02 Å². The van der Waals surface area contributed by atoms with E-state index in [1.807, 2.05) is 18.2 Å². The molecule has 0 saturated carbocycles. The van der Waals surface area contributed by atoms with Crippen LogP contribution in [0.5, 0.6) is 0 Å². The van der Waals surface area contributed by atoms with Crippen molar-refractivity contribution in [2.24, 2.45) is 5.84 Å². The Hall–Kier alpha value is -0.610. The second-order valence-corrected chi connectivity index (χ2v) is 5.81. The Morgan fingerprint density at radius 2 is 1.85 bits per heavy atom. The van der Waals surface area contributed by atoms with Gasteiger partial charge in [-0.15, -0.1) is 0 Å². The van der Waals surface area contributed by atoms with Crippen molar-refractivity contribution in [1.29, 1.82) is 0 Å². The Morgan fingerprint density at radius 1 is 1.25 bits per heavy atom. The SMILES string of the molecule is CCN(CC)C(C)(CC)C(Cc1ccccc1Cl)NN. The van der Waals surface area contributed by atoms with E-state index in [1.54, 1.807) is 0 Å². The fourth-order valence-electron chi connectivity index (χ4n) is 2.98. The van der Waals surface area contributed by atoms with Gasteiger partial charge in [0.1, 0.15) is 0 Å². The quantitative estimate of drug-likeness (QED) is 0.572. The molecule has 0 spiro atoms. The zero-order valence-corrected chi connectivity index (χ0v) is 13.9. The largest absolute Gasteiger partial charge is 0.297 e. The number of benzene rings is 1. The van der Waals surface area contributed by atoms with E-state index in [-0.39, 0.29) is 11.6 Å². The zero-order chi connectivity index (χ0) is 15.2. The monoisotopic (exact) mass is 297 g/mol. The number of nitrogens with one attached hydrogen (secondary N) is 1. The summed E-state index contributed by atoms with van der Waals surface area (Å²) in [7, 11) is 0. The van der Waals surface area contributed by atoms with Crippen molar-refractivity contribution < 1.29 is 0 Å². The van der Waals surface area contributed by atoms with Gasteiger partial charge in [-0.05, 0) is 44.5 Å². The topological polar surface area (TPSA) is 41.3 Å². The van der Waals surface area contributed by atoms with E-state index in [1.165, 1.54) is 0 Å². The van der Waals surface area contributed by atoms with Gasteiger partial charge in [0.05, 0.1) is 0 Å². The average Bonchev–Trinajstić information content (AvgIpc) is 2.47. The fraction of sp³-hybridized carbons (Fsp3) is 0.625. The third kappa shape index (κ3) is 3.73. The summed E-state index contributed by atoms with van der Waals surface area (Å²) in [5.74, 6) is 5.86. The Balaban J connectivity index is 3.01. The van der Waals surface area contributed by atoms with Crippen LogP contribution in [0.15, 0.2) is 24.3 Å². The molecule has 0 heterocycles. The van der Waals surface area contributed by atoms with Crippen LogP contribution in [0.1, 0.15) is 39.7 Å². The molecule has 3 N–H and O–H groups in total. The lowest BCUT2D eigenvalue weighted by molar-refractivity contribution is 0.0701. The molecule has 0 fully saturated rings. The summed E-state index contributed by atoms with van der Waals surface area (Å²) >= 11 is 6.28. The summed E-state index contributed by atoms with van der Waals surface area (Å²) in [4.78, 5) is 2.47. The summed E-state index contributed by atoms with van der Waals surface area (Å²) in [5.41, 5.74) is 4.17. The predicted octanol–water partition coefficient (Wildman–Crippen LogP) is 3.22. The van der Waals surface area contributed by atoms with Gasteiger partial charge in [-0.25, -0.2) is 0 Å². The molecule has 2 unspecified atom stereocenters. The number of hydrogen-bond donors (Lipinski definition) is 2. The molecule has 0 aliphatic rings. The van der Waals surface area contributed by atoms with Crippen molar-refractivity contribution in [3.63, 3.8) is 0 Å². The Kier molecular flexibility index (Phi) is 6.96. The van der Waals surface area contributed by atoms with Gasteiger partial charge in [-0.2, -0.15) is 0 Å². The first kappa shape index (κ1) is 17.4. The number of hydrazine groups is 1. The third-order valence-electron chi connectivity index (χ3n) is 4.54. The molecule has 20 heavy (non-hydrogen) atoms. The molecule has 0 aliphatic heterocycles. The number of nitrogens with zero attached hydrogens (tertiary/aromatic N) is 1. The molecule has 0 bridgehead atoms. The molecule has 2 atom stereocenters. The van der Waals surface area contributed by atoms with Crippen LogP contribution >= 0.6 is 11.6 Å². The number of likely N-dealkylation sites (N-methyl/N-ethyl adjacent to an activating group) is 1. The van der Waals surface area contributed by atoms with Crippen LogP contribution in [0.3, 0.4) is 0 Å². The highest BCUT2D eigenvalue weighted by atomic mass is 35.5. The van der Waals surface area contributed by atoms with Crippen LogP contribution in [0.25, 0.3) is 0 Å². The van der Waals surface area contributed by atoms with Gasteiger partial charge < -0.3 is 0 Å². The van der Waals surface area contributed by atoms with Crippen molar-refractivity contribution in [2.45, 2.75) is 52.1 Å². The lowest BCUT2D eigenvalue weighted by atomic mass is 9.83. The normalized spacial score (nSPS) is 16.1. The first-order valence-corrected chi connectivity index (χ1v) is 7.85. The van der Waals surface area contributed by atoms with E-state index < -0.39 is 0 Å². The van der Waals surface area contributed by atoms with Gasteiger partial charge in [0, 0.05) is 16.6 Å². The molecule has 4 heteroatoms. The zero-order valence-electron chi connectivity index (χ0n) is 13.1. The maximum absolute atomic E-state index is 6.28. The molecule has 0 amide bonds. The smallest absolute Gasteiger partial charge is 0.0438 e. The van der Waals surface area contributed by atoms with E-state index >= 15 is 0 Å². The first-order chi connectivity index (χ1) is 9.53. The van der Waals surface area contributed by atoms with Gasteiger partial charge in [0.2, 0.25) is 0 Å². The van der Waals surface area contributed by atoms with Gasteiger partial charge in [0.15, 0.2) is 0 Å². The minimum atomic E-state index is 0.0113. The minimum absolute atomic E-state index is 0.0113. The second-order valence-electron chi connectivity index (χ2n) is 5.40. The highest BCUT2D eigenvalue weighted by Gasteiger charge is 2.36. The van der Waals surface area contributed by atoms with Gasteiger partial charge in [-0.3, -0.25) is 16.2 Å². The van der Waals surface area contributed by atoms with Gasteiger partial charge >= 0.3 is 0 Å². The van der Waals surface area contributed by atoms with Crippen molar-refractivity contribution in [1.82, 2.24) is 10.3 Å². The Morgan fingerprint density at radius 3 is 2.30 bits per heavy atom. The molecule has 0 saturated heterocycles. The highest BCUT2D eigenvalue weighted by Crippen LogP contribution is 2.27. The lowest BCUT2D eigenvalue weighted by Crippen LogP contribution is -2.61. The molecule has 1 aromatic carbocycles. The third-order valence-corrected chi connectivity index (χ3v) is 4.90. The van der Waals surface area contributed by atoms with Gasteiger partial charge in [0.25, 0.3) is 0 Å². The molecule has 1 aromatic rings. The summed E-state index contributed by atoms with van der Waals surface area (Å²) in [5, 5.41) is 0.811. The lowest BCUT2D eigenvalue weighted by Gasteiger charge is -2.45. The van der Waals surface area contributed by atoms with Crippen molar-refractivity contribution in [2.75, 3.05) is 13.1 Å². The molecular weight excluding hydrogens is 270 g/mol. The number of hydrogen-bond acceptors (Lipinski definition) is 3. The summed E-state index contributed by atoms with van der Waals surface area (Å²) in [6.07, 6.45) is 1.87. The highest BCUT2D eigenvalue weighted by molar-refractivity contribution is 6.31. The van der Waals surface area contributed by atoms with E-state index in [2.05, 4.69) is 44.1 Å². The molecule has 114 valence electrons. The van der Waals surface area contributed by atoms with E-state index in [9.17, 15) is 0 Å². The van der Waals surface area contributed by atoms with Crippen LogP contribution in [0.4, 0.5) is 0 Å². The first-order valence-electron chi connectivity index (χ1n) is 7.48. The van der Waals surface area contributed by atoms with Crippen LogP contribution in [-0.4, -0.2) is 29.6 Å². The number of nitrogens with two attached hydrogens (primary N) is 1. The fourth-order valence-corrected chi connectivity index (χ4v) is 3.19. The van der Waals surface area contributed by atoms with E-state index in [4.69, 9.17) is 17.4 Å². The van der Waals surface area contributed by atoms with Gasteiger partial charge in [-0.1, -0.05) is 50.6 Å². The van der Waals surface area contributed by atoms with Crippen molar-refractivity contribution in [3.05, 3.63) is 34.9 Å². The molecule has 0 aromatic heterocycles. The number of halogens is 1. The molecular formula is C16H28ClN3. The Bertz CT molecular complexity index is 406. The molecule has 3 nitrogen and oxygen atoms in total. The van der Waals surface area contributed by atoms with Crippen LogP contribution in [0, 0.1) is 0 Å². The maximum Gasteiger partial charge on any atom is 0.0438 e. The van der Waals surface area contributed by atoms with E-state index in [0.717, 1.165) is 36.5 Å². The maximum atomic E-state index is 6.28. The molecule has 1 rings (SSSR count). The predicted molar refractivity (Wildman–Crippen MR) is 87.9 cm³/mol. The summed E-state index contributed by atoms with van der Waals surface area (Å²) in [6, 6.07) is 8.15. The Labute approximate surface area is 128 Å².